The zero-order valence-electron chi connectivity index (χ0n) is 13.6. The lowest BCUT2D eigenvalue weighted by molar-refractivity contribution is 0.294. The average molecular weight is 333 g/mol. The first-order valence-corrected chi connectivity index (χ1v) is 8.13. The highest BCUT2D eigenvalue weighted by molar-refractivity contribution is 6.01. The van der Waals surface area contributed by atoms with Crippen LogP contribution in [0.25, 0.3) is 22.1 Å². The van der Waals surface area contributed by atoms with Gasteiger partial charge in [0, 0.05) is 17.3 Å². The number of imidazole rings is 1. The molecule has 8 nitrogen and oxygen atoms in total. The summed E-state index contributed by atoms with van der Waals surface area (Å²) in [5.74, 6) is 0. The summed E-state index contributed by atoms with van der Waals surface area (Å²) in [7, 11) is 1.63. The van der Waals surface area contributed by atoms with Crippen LogP contribution in [0.4, 0.5) is 0 Å². The van der Waals surface area contributed by atoms with Gasteiger partial charge in [-0.05, 0) is 25.0 Å². The lowest BCUT2D eigenvalue weighted by atomic mass is 10.0. The quantitative estimate of drug-likeness (QED) is 0.606. The van der Waals surface area contributed by atoms with E-state index < -0.39 is 0 Å². The van der Waals surface area contributed by atoms with Gasteiger partial charge in [0.2, 0.25) is 0 Å². The molecule has 0 aliphatic carbocycles. The third-order valence-corrected chi connectivity index (χ3v) is 4.84. The molecule has 0 amide bonds. The number of nitriles is 1. The molecule has 1 aliphatic rings. The number of H-pyrrole nitrogens is 1. The number of hydrogen-bond acceptors (Lipinski definition) is 5. The summed E-state index contributed by atoms with van der Waals surface area (Å²) in [6, 6.07) is 6.73. The molecule has 4 aromatic heterocycles. The number of methoxy groups -OCH3 is 1. The molecular weight excluding hydrogens is 318 g/mol. The minimum absolute atomic E-state index is 0.152. The van der Waals surface area contributed by atoms with Gasteiger partial charge in [-0.2, -0.15) is 15.3 Å². The Balaban J connectivity index is 1.69. The Kier molecular flexibility index (Phi) is 2.85. The van der Waals surface area contributed by atoms with E-state index >= 15 is 0 Å². The molecule has 0 saturated carbocycles. The molecule has 5 rings (SSSR count). The van der Waals surface area contributed by atoms with Gasteiger partial charge in [-0.1, -0.05) is 0 Å². The molecule has 0 fully saturated rings. The standard InChI is InChI=1S/C17H15N7O/c1-25-17-21-14-8-20-16-13(4-5-19-16)15(14)24(17)12-3-2-11-6-10(7-18)22-23(11)9-12/h4-6,8,12H,2-3,9H2,1H3,(H,19,20). The third kappa shape index (κ3) is 1.96. The van der Waals surface area contributed by atoms with Crippen LogP contribution in [-0.4, -0.2) is 36.4 Å². The Morgan fingerprint density at radius 3 is 3.20 bits per heavy atom. The first kappa shape index (κ1) is 14.0. The maximum atomic E-state index is 9.08. The summed E-state index contributed by atoms with van der Waals surface area (Å²) in [6.07, 6.45) is 5.45. The van der Waals surface area contributed by atoms with Crippen molar-refractivity contribution < 1.29 is 4.74 Å². The van der Waals surface area contributed by atoms with E-state index in [9.17, 15) is 0 Å². The van der Waals surface area contributed by atoms with Gasteiger partial charge in [-0.25, -0.2) is 4.98 Å². The van der Waals surface area contributed by atoms with Crippen molar-refractivity contribution in [2.75, 3.05) is 7.11 Å². The highest BCUT2D eigenvalue weighted by atomic mass is 16.5. The number of aromatic amines is 1. The zero-order chi connectivity index (χ0) is 17.0. The van der Waals surface area contributed by atoms with E-state index in [1.54, 1.807) is 13.3 Å². The summed E-state index contributed by atoms with van der Waals surface area (Å²) >= 11 is 0. The molecule has 25 heavy (non-hydrogen) atoms. The first-order valence-electron chi connectivity index (χ1n) is 8.13. The highest BCUT2D eigenvalue weighted by Crippen LogP contribution is 2.35. The van der Waals surface area contributed by atoms with Gasteiger partial charge in [0.1, 0.15) is 17.2 Å². The Morgan fingerprint density at radius 1 is 1.44 bits per heavy atom. The van der Waals surface area contributed by atoms with Crippen LogP contribution >= 0.6 is 0 Å². The number of hydrogen-bond donors (Lipinski definition) is 1. The lowest BCUT2D eigenvalue weighted by Gasteiger charge is -2.26. The van der Waals surface area contributed by atoms with E-state index in [1.165, 1.54) is 0 Å². The number of pyridine rings is 1. The van der Waals surface area contributed by atoms with Gasteiger partial charge in [0.05, 0.1) is 31.4 Å². The number of aromatic nitrogens is 6. The van der Waals surface area contributed by atoms with Crippen LogP contribution in [0, 0.1) is 11.3 Å². The van der Waals surface area contributed by atoms with E-state index in [4.69, 9.17) is 10.00 Å². The Morgan fingerprint density at radius 2 is 2.36 bits per heavy atom. The van der Waals surface area contributed by atoms with Gasteiger partial charge >= 0.3 is 0 Å². The number of nitrogens with zero attached hydrogens (tertiary/aromatic N) is 6. The molecule has 1 N–H and O–H groups in total. The minimum Gasteiger partial charge on any atom is -0.468 e. The predicted octanol–water partition coefficient (Wildman–Crippen LogP) is 2.18. The van der Waals surface area contributed by atoms with Gasteiger partial charge in [0.25, 0.3) is 6.01 Å². The van der Waals surface area contributed by atoms with Crippen molar-refractivity contribution in [3.05, 3.63) is 35.9 Å². The molecule has 0 radical (unpaired) electrons. The molecule has 1 aliphatic heterocycles. The summed E-state index contributed by atoms with van der Waals surface area (Å²) in [5, 5.41) is 14.5. The fourth-order valence-corrected chi connectivity index (χ4v) is 3.74. The molecule has 1 atom stereocenters. The van der Waals surface area contributed by atoms with Crippen LogP contribution in [0.3, 0.4) is 0 Å². The highest BCUT2D eigenvalue weighted by Gasteiger charge is 2.27. The molecular formula is C17H15N7O. The number of rotatable bonds is 2. The van der Waals surface area contributed by atoms with E-state index in [1.807, 2.05) is 23.0 Å². The molecule has 1 unspecified atom stereocenters. The fraction of sp³-hybridized carbons (Fsp3) is 0.294. The normalized spacial score (nSPS) is 16.9. The van der Waals surface area contributed by atoms with E-state index in [0.29, 0.717) is 18.2 Å². The van der Waals surface area contributed by atoms with Crippen molar-refractivity contribution in [3.63, 3.8) is 0 Å². The average Bonchev–Trinajstić information content (AvgIpc) is 3.34. The van der Waals surface area contributed by atoms with Gasteiger partial charge in [-0.3, -0.25) is 9.25 Å². The van der Waals surface area contributed by atoms with Crippen LogP contribution in [-0.2, 0) is 13.0 Å². The molecule has 0 spiro atoms. The number of ether oxygens (including phenoxy) is 1. The third-order valence-electron chi connectivity index (χ3n) is 4.84. The van der Waals surface area contributed by atoms with Crippen LogP contribution in [0.1, 0.15) is 23.9 Å². The molecule has 0 saturated heterocycles. The Labute approximate surface area is 142 Å². The second-order valence-electron chi connectivity index (χ2n) is 6.21. The van der Waals surface area contributed by atoms with Crippen molar-refractivity contribution in [2.24, 2.45) is 0 Å². The Hall–Kier alpha value is -3.34. The topological polar surface area (TPSA) is 97.3 Å². The van der Waals surface area contributed by atoms with Crippen molar-refractivity contribution in [2.45, 2.75) is 25.4 Å². The Bertz CT molecular complexity index is 1140. The van der Waals surface area contributed by atoms with Crippen LogP contribution in [0.5, 0.6) is 6.01 Å². The van der Waals surface area contributed by atoms with E-state index in [-0.39, 0.29) is 6.04 Å². The molecule has 124 valence electrons. The van der Waals surface area contributed by atoms with Crippen molar-refractivity contribution in [1.82, 2.24) is 29.3 Å². The summed E-state index contributed by atoms with van der Waals surface area (Å²) in [4.78, 5) is 12.2. The molecule has 0 bridgehead atoms. The van der Waals surface area contributed by atoms with Gasteiger partial charge in [-0.15, -0.1) is 0 Å². The molecule has 5 heterocycles. The van der Waals surface area contributed by atoms with Gasteiger partial charge < -0.3 is 9.72 Å². The van der Waals surface area contributed by atoms with Crippen LogP contribution in [0.15, 0.2) is 24.5 Å². The number of aryl methyl sites for hydroxylation is 1. The summed E-state index contributed by atoms with van der Waals surface area (Å²) in [5.41, 5.74) is 4.23. The number of nitrogens with one attached hydrogen (secondary N) is 1. The van der Waals surface area contributed by atoms with Crippen molar-refractivity contribution >= 4 is 22.1 Å². The smallest absolute Gasteiger partial charge is 0.297 e. The maximum absolute atomic E-state index is 9.08. The van der Waals surface area contributed by atoms with E-state index in [2.05, 4.69) is 30.7 Å². The fourth-order valence-electron chi connectivity index (χ4n) is 3.74. The first-order chi connectivity index (χ1) is 12.3. The predicted molar refractivity (Wildman–Crippen MR) is 90.2 cm³/mol. The van der Waals surface area contributed by atoms with Gasteiger partial charge in [0.15, 0.2) is 5.69 Å². The molecule has 4 aromatic rings. The van der Waals surface area contributed by atoms with Crippen molar-refractivity contribution in [3.8, 4) is 12.1 Å². The lowest BCUT2D eigenvalue weighted by Crippen LogP contribution is -2.24. The van der Waals surface area contributed by atoms with E-state index in [0.717, 1.165) is 40.6 Å². The van der Waals surface area contributed by atoms with Crippen LogP contribution in [0.2, 0.25) is 0 Å². The largest absolute Gasteiger partial charge is 0.468 e. The number of fused-ring (bicyclic) bond motifs is 4. The SMILES string of the molecule is COc1nc2cnc3[nH]ccc3c2n1C1CCc2cc(C#N)nn2C1. The second-order valence-corrected chi connectivity index (χ2v) is 6.21. The van der Waals surface area contributed by atoms with Crippen LogP contribution < -0.4 is 4.74 Å². The summed E-state index contributed by atoms with van der Waals surface area (Å²) < 4.78 is 9.62. The molecule has 0 aromatic carbocycles. The summed E-state index contributed by atoms with van der Waals surface area (Å²) in [6.45, 7) is 0.688. The monoisotopic (exact) mass is 333 g/mol. The minimum atomic E-state index is 0.152. The zero-order valence-corrected chi connectivity index (χ0v) is 13.6. The van der Waals surface area contributed by atoms with Crippen molar-refractivity contribution in [1.29, 1.82) is 5.26 Å². The molecule has 8 heteroatoms. The maximum Gasteiger partial charge on any atom is 0.297 e. The second kappa shape index (κ2) is 5.08.